The molecule has 0 aliphatic carbocycles. The molecule has 6 rings (SSSR count). The van der Waals surface area contributed by atoms with Crippen LogP contribution in [0.25, 0.3) is 22.8 Å². The van der Waals surface area contributed by atoms with Crippen molar-refractivity contribution in [2.24, 2.45) is 0 Å². The minimum absolute atomic E-state index is 0.235. The fourth-order valence-electron chi connectivity index (χ4n) is 3.30. The minimum Gasteiger partial charge on any atom is -0.454 e. The quantitative estimate of drug-likeness (QED) is 0.567. The second kappa shape index (κ2) is 6.26. The Morgan fingerprint density at radius 2 is 1.59 bits per heavy atom. The van der Waals surface area contributed by atoms with E-state index >= 15 is 0 Å². The van der Waals surface area contributed by atoms with Crippen LogP contribution in [0.2, 0.25) is 0 Å². The molecule has 1 N–H and O–H groups in total. The van der Waals surface area contributed by atoms with Gasteiger partial charge in [0.15, 0.2) is 28.8 Å². The fraction of sp³-hybridized carbons (Fsp3) is 0.150. The maximum Gasteiger partial charge on any atom is 0.275 e. The first kappa shape index (κ1) is 16.0. The highest BCUT2D eigenvalue weighted by molar-refractivity contribution is 5.67. The Morgan fingerprint density at radius 1 is 0.828 bits per heavy atom. The average molecular weight is 390 g/mol. The number of nitrogens with zero attached hydrogens (tertiary/aromatic N) is 3. The smallest absolute Gasteiger partial charge is 0.275 e. The topological polar surface area (TPSA) is 105 Å². The molecule has 4 heterocycles. The summed E-state index contributed by atoms with van der Waals surface area (Å²) in [4.78, 5) is 4.47. The normalized spacial score (nSPS) is 13.8. The van der Waals surface area contributed by atoms with E-state index in [2.05, 4.69) is 20.3 Å². The second-order valence-corrected chi connectivity index (χ2v) is 6.62. The molecule has 2 aliphatic heterocycles. The maximum absolute atomic E-state index is 5.42. The Labute approximate surface area is 164 Å². The van der Waals surface area contributed by atoms with Crippen molar-refractivity contribution >= 4 is 0 Å². The number of ether oxygens (including phenoxy) is 4. The summed E-state index contributed by atoms with van der Waals surface area (Å²) in [5, 5.41) is 11.4. The lowest BCUT2D eigenvalue weighted by molar-refractivity contribution is 0.173. The molecule has 0 bridgehead atoms. The largest absolute Gasteiger partial charge is 0.454 e. The number of benzene rings is 2. The van der Waals surface area contributed by atoms with Gasteiger partial charge in [0.05, 0.1) is 5.69 Å². The molecule has 0 saturated heterocycles. The summed E-state index contributed by atoms with van der Waals surface area (Å²) in [7, 11) is 0. The third kappa shape index (κ3) is 2.83. The van der Waals surface area contributed by atoms with Gasteiger partial charge in [0.25, 0.3) is 5.89 Å². The summed E-state index contributed by atoms with van der Waals surface area (Å²) < 4.78 is 26.9. The van der Waals surface area contributed by atoms with Crippen molar-refractivity contribution in [3.63, 3.8) is 0 Å². The van der Waals surface area contributed by atoms with Crippen molar-refractivity contribution in [3.05, 3.63) is 53.9 Å². The zero-order valence-electron chi connectivity index (χ0n) is 15.0. The lowest BCUT2D eigenvalue weighted by Crippen LogP contribution is -1.93. The molecule has 0 atom stereocenters. The van der Waals surface area contributed by atoms with Crippen LogP contribution in [0.15, 0.2) is 47.0 Å². The monoisotopic (exact) mass is 390 g/mol. The van der Waals surface area contributed by atoms with Crippen LogP contribution in [0, 0.1) is 0 Å². The van der Waals surface area contributed by atoms with Gasteiger partial charge >= 0.3 is 0 Å². The van der Waals surface area contributed by atoms with Gasteiger partial charge < -0.3 is 23.5 Å². The summed E-state index contributed by atoms with van der Waals surface area (Å²) in [6.07, 6.45) is 0.517. The van der Waals surface area contributed by atoms with Crippen LogP contribution in [-0.4, -0.2) is 33.9 Å². The molecule has 0 amide bonds. The van der Waals surface area contributed by atoms with Crippen LogP contribution in [0.3, 0.4) is 0 Å². The number of aromatic nitrogens is 4. The van der Waals surface area contributed by atoms with E-state index in [-0.39, 0.29) is 13.6 Å². The molecule has 0 radical (unpaired) electrons. The van der Waals surface area contributed by atoms with Gasteiger partial charge in [0.1, 0.15) is 5.69 Å². The van der Waals surface area contributed by atoms with Gasteiger partial charge in [0.2, 0.25) is 13.6 Å². The summed E-state index contributed by atoms with van der Waals surface area (Å²) >= 11 is 0. The third-order valence-corrected chi connectivity index (χ3v) is 4.74. The first-order valence-corrected chi connectivity index (χ1v) is 8.99. The SMILES string of the molecule is c1cc2c(cc1Cc1noc(-c3cc(-c4ccc5c(c4)OCO5)n[nH]3)n1)OCO2. The lowest BCUT2D eigenvalue weighted by Gasteiger charge is -1.99. The Hall–Kier alpha value is -4.01. The van der Waals surface area contributed by atoms with Gasteiger partial charge in [-0.3, -0.25) is 5.10 Å². The number of H-pyrrole nitrogens is 1. The Kier molecular flexibility index (Phi) is 3.45. The van der Waals surface area contributed by atoms with E-state index in [1.807, 2.05) is 42.5 Å². The van der Waals surface area contributed by atoms with Gasteiger partial charge in [-0.2, -0.15) is 10.1 Å². The molecule has 29 heavy (non-hydrogen) atoms. The van der Waals surface area contributed by atoms with E-state index in [0.717, 1.165) is 34.1 Å². The van der Waals surface area contributed by atoms with Crippen LogP contribution < -0.4 is 18.9 Å². The van der Waals surface area contributed by atoms with Crippen molar-refractivity contribution in [2.45, 2.75) is 6.42 Å². The number of rotatable bonds is 4. The number of aromatic amines is 1. The molecule has 4 aromatic rings. The third-order valence-electron chi connectivity index (χ3n) is 4.74. The van der Waals surface area contributed by atoms with Gasteiger partial charge in [-0.1, -0.05) is 11.2 Å². The van der Waals surface area contributed by atoms with Crippen LogP contribution in [0.5, 0.6) is 23.0 Å². The van der Waals surface area contributed by atoms with E-state index in [9.17, 15) is 0 Å². The van der Waals surface area contributed by atoms with Crippen molar-refractivity contribution in [1.29, 1.82) is 0 Å². The van der Waals surface area contributed by atoms with Crippen LogP contribution in [0.4, 0.5) is 0 Å². The Bertz CT molecular complexity index is 1220. The summed E-state index contributed by atoms with van der Waals surface area (Å²) in [6, 6.07) is 13.3. The zero-order valence-corrected chi connectivity index (χ0v) is 15.0. The first-order chi connectivity index (χ1) is 14.3. The standard InChI is InChI=1S/C20H14N4O5/c1-3-15-17(27-9-25-15)5-11(1)6-19-21-20(29-24-19)14-8-13(22-23-14)12-2-4-16-18(7-12)28-10-26-16/h1-5,7-8H,6,9-10H2,(H,22,23). The van der Waals surface area contributed by atoms with Gasteiger partial charge in [0, 0.05) is 12.0 Å². The number of hydrogen-bond donors (Lipinski definition) is 1. The van der Waals surface area contributed by atoms with Crippen LogP contribution in [-0.2, 0) is 6.42 Å². The maximum atomic E-state index is 5.42. The summed E-state index contributed by atoms with van der Waals surface area (Å²) in [5.74, 6) is 3.85. The molecular formula is C20H14N4O5. The molecular weight excluding hydrogens is 376 g/mol. The fourth-order valence-corrected chi connectivity index (χ4v) is 3.30. The van der Waals surface area contributed by atoms with Crippen molar-refractivity contribution in [2.75, 3.05) is 13.6 Å². The molecule has 144 valence electrons. The molecule has 2 aromatic carbocycles. The molecule has 2 aliphatic rings. The highest BCUT2D eigenvalue weighted by atomic mass is 16.7. The lowest BCUT2D eigenvalue weighted by atomic mass is 10.1. The predicted octanol–water partition coefficient (Wildman–Crippen LogP) is 3.17. The van der Waals surface area contributed by atoms with E-state index in [0.29, 0.717) is 29.6 Å². The molecule has 0 spiro atoms. The van der Waals surface area contributed by atoms with Gasteiger partial charge in [-0.15, -0.1) is 0 Å². The molecule has 2 aromatic heterocycles. The molecule has 0 saturated carbocycles. The zero-order chi connectivity index (χ0) is 19.2. The molecule has 0 unspecified atom stereocenters. The first-order valence-electron chi connectivity index (χ1n) is 8.99. The van der Waals surface area contributed by atoms with Crippen molar-refractivity contribution in [1.82, 2.24) is 20.3 Å². The Balaban J connectivity index is 1.23. The van der Waals surface area contributed by atoms with E-state index in [4.69, 9.17) is 23.5 Å². The highest BCUT2D eigenvalue weighted by Gasteiger charge is 2.18. The van der Waals surface area contributed by atoms with Crippen molar-refractivity contribution in [3.8, 4) is 45.8 Å². The predicted molar refractivity (Wildman–Crippen MR) is 98.8 cm³/mol. The highest BCUT2D eigenvalue weighted by Crippen LogP contribution is 2.36. The Morgan fingerprint density at radius 3 is 2.45 bits per heavy atom. The van der Waals surface area contributed by atoms with E-state index in [1.165, 1.54) is 0 Å². The average Bonchev–Trinajstić information content (AvgIpc) is 3.52. The molecule has 9 nitrogen and oxygen atoms in total. The van der Waals surface area contributed by atoms with E-state index < -0.39 is 0 Å². The summed E-state index contributed by atoms with van der Waals surface area (Å²) in [5.41, 5.74) is 3.29. The molecule has 0 fully saturated rings. The van der Waals surface area contributed by atoms with Crippen LogP contribution >= 0.6 is 0 Å². The minimum atomic E-state index is 0.235. The summed E-state index contributed by atoms with van der Waals surface area (Å²) in [6.45, 7) is 0.482. The second-order valence-electron chi connectivity index (χ2n) is 6.62. The number of hydrogen-bond acceptors (Lipinski definition) is 8. The van der Waals surface area contributed by atoms with E-state index in [1.54, 1.807) is 0 Å². The van der Waals surface area contributed by atoms with Gasteiger partial charge in [-0.25, -0.2) is 0 Å². The van der Waals surface area contributed by atoms with Crippen LogP contribution in [0.1, 0.15) is 11.4 Å². The molecule has 9 heteroatoms. The number of nitrogens with one attached hydrogen (secondary N) is 1. The van der Waals surface area contributed by atoms with Gasteiger partial charge in [-0.05, 0) is 42.0 Å². The van der Waals surface area contributed by atoms with Crippen molar-refractivity contribution < 1.29 is 23.5 Å². The number of fused-ring (bicyclic) bond motifs is 2.